The Bertz CT molecular complexity index is 1140. The number of benzene rings is 1. The molecule has 0 atom stereocenters. The Morgan fingerprint density at radius 1 is 0.931 bits per heavy atom. The molecule has 1 aromatic carbocycles. The predicted molar refractivity (Wildman–Crippen MR) is 102 cm³/mol. The highest BCUT2D eigenvalue weighted by molar-refractivity contribution is 7.89. The molecule has 11 nitrogen and oxygen atoms in total. The molecule has 0 aliphatic carbocycles. The number of hydrogen-bond donors (Lipinski definition) is 0. The Hall–Kier alpha value is -2.99. The van der Waals surface area contributed by atoms with Crippen LogP contribution in [-0.2, 0) is 10.0 Å². The summed E-state index contributed by atoms with van der Waals surface area (Å²) in [6.45, 7) is 2.81. The van der Waals surface area contributed by atoms with E-state index in [2.05, 4.69) is 20.6 Å². The summed E-state index contributed by atoms with van der Waals surface area (Å²) in [5, 5.41) is 15.6. The lowest BCUT2D eigenvalue weighted by atomic mass is 10.3. The number of tetrazole rings is 1. The van der Waals surface area contributed by atoms with Crippen LogP contribution in [0.25, 0.3) is 5.65 Å². The first-order valence-electron chi connectivity index (χ1n) is 9.31. The molecule has 1 saturated heterocycles. The van der Waals surface area contributed by atoms with Crippen molar-refractivity contribution in [1.29, 1.82) is 0 Å². The maximum atomic E-state index is 13.1. The second-order valence-electron chi connectivity index (χ2n) is 6.77. The van der Waals surface area contributed by atoms with Gasteiger partial charge in [-0.3, -0.25) is 0 Å². The van der Waals surface area contributed by atoms with Crippen molar-refractivity contribution in [3.05, 3.63) is 30.3 Å². The van der Waals surface area contributed by atoms with Gasteiger partial charge in [-0.15, -0.1) is 14.8 Å². The van der Waals surface area contributed by atoms with E-state index in [9.17, 15) is 8.42 Å². The predicted octanol–water partition coefficient (Wildman–Crippen LogP) is 0.192. The SMILES string of the molecule is O=S(=O)(c1ccc2c(c1)OCCCO2)N1CCN(c2ccc3nnnn3n2)CC1. The number of fused-ring (bicyclic) bond motifs is 2. The first-order valence-corrected chi connectivity index (χ1v) is 10.8. The average Bonchev–Trinajstić information content (AvgIpc) is 3.09. The molecule has 4 heterocycles. The van der Waals surface area contributed by atoms with Gasteiger partial charge in [-0.05, 0) is 34.7 Å². The average molecular weight is 417 g/mol. The number of hydrogen-bond acceptors (Lipinski definition) is 9. The van der Waals surface area contributed by atoms with Gasteiger partial charge in [-0.25, -0.2) is 8.42 Å². The van der Waals surface area contributed by atoms with Gasteiger partial charge in [0.05, 0.1) is 18.1 Å². The summed E-state index contributed by atoms with van der Waals surface area (Å²) in [6.07, 6.45) is 0.767. The van der Waals surface area contributed by atoms with Crippen LogP contribution < -0.4 is 14.4 Å². The summed E-state index contributed by atoms with van der Waals surface area (Å²) in [7, 11) is -3.63. The van der Waals surface area contributed by atoms with Crippen LogP contribution in [0, 0.1) is 0 Å². The van der Waals surface area contributed by atoms with Crippen LogP contribution in [-0.4, -0.2) is 77.4 Å². The van der Waals surface area contributed by atoms with Crippen molar-refractivity contribution >= 4 is 21.5 Å². The molecule has 2 aliphatic rings. The fourth-order valence-electron chi connectivity index (χ4n) is 3.42. The molecule has 0 amide bonds. The fourth-order valence-corrected chi connectivity index (χ4v) is 4.86. The zero-order valence-corrected chi connectivity index (χ0v) is 16.3. The van der Waals surface area contributed by atoms with Gasteiger partial charge in [0, 0.05) is 38.7 Å². The number of rotatable bonds is 3. The highest BCUT2D eigenvalue weighted by atomic mass is 32.2. The Kier molecular flexibility index (Phi) is 4.43. The minimum absolute atomic E-state index is 0.212. The van der Waals surface area contributed by atoms with Crippen molar-refractivity contribution in [3.8, 4) is 11.5 Å². The maximum absolute atomic E-state index is 13.1. The standard InChI is InChI=1S/C17H19N7O4S/c25-29(26,13-2-3-14-15(12-13)28-11-1-10-27-14)23-8-6-22(7-9-23)17-5-4-16-18-20-21-24(16)19-17/h2-5,12H,1,6-11H2. The third-order valence-corrected chi connectivity index (χ3v) is 6.87. The molecule has 29 heavy (non-hydrogen) atoms. The third kappa shape index (κ3) is 3.34. The normalized spacial score (nSPS) is 18.0. The van der Waals surface area contributed by atoms with Crippen LogP contribution in [0.2, 0.25) is 0 Å². The van der Waals surface area contributed by atoms with Crippen molar-refractivity contribution in [3.63, 3.8) is 0 Å². The van der Waals surface area contributed by atoms with Gasteiger partial charge in [0.2, 0.25) is 10.0 Å². The summed E-state index contributed by atoms with van der Waals surface area (Å²) < 4.78 is 40.3. The van der Waals surface area contributed by atoms with Crippen LogP contribution in [0.15, 0.2) is 35.2 Å². The van der Waals surface area contributed by atoms with E-state index in [1.165, 1.54) is 8.94 Å². The number of aromatic nitrogens is 5. The van der Waals surface area contributed by atoms with Crippen LogP contribution in [0.3, 0.4) is 0 Å². The summed E-state index contributed by atoms with van der Waals surface area (Å²) in [5.74, 6) is 1.76. The molecule has 0 unspecified atom stereocenters. The lowest BCUT2D eigenvalue weighted by molar-refractivity contribution is 0.296. The zero-order chi connectivity index (χ0) is 19.8. The summed E-state index contributed by atoms with van der Waals surface area (Å²) in [4.78, 5) is 2.23. The van der Waals surface area contributed by atoms with Crippen LogP contribution in [0.4, 0.5) is 5.82 Å². The Morgan fingerprint density at radius 2 is 1.72 bits per heavy atom. The van der Waals surface area contributed by atoms with Gasteiger partial charge >= 0.3 is 0 Å². The molecule has 5 rings (SSSR count). The first kappa shape index (κ1) is 18.1. The van der Waals surface area contributed by atoms with Gasteiger partial charge in [0.15, 0.2) is 23.0 Å². The number of ether oxygens (including phenoxy) is 2. The van der Waals surface area contributed by atoms with Crippen molar-refractivity contribution < 1.29 is 17.9 Å². The van der Waals surface area contributed by atoms with E-state index >= 15 is 0 Å². The van der Waals surface area contributed by atoms with Crippen molar-refractivity contribution in [1.82, 2.24) is 29.6 Å². The Labute approximate surface area is 166 Å². The van der Waals surface area contributed by atoms with Crippen molar-refractivity contribution in [2.75, 3.05) is 44.3 Å². The Balaban J connectivity index is 1.32. The molecule has 2 aromatic heterocycles. The van der Waals surface area contributed by atoms with Gasteiger partial charge < -0.3 is 14.4 Å². The van der Waals surface area contributed by atoms with Crippen molar-refractivity contribution in [2.24, 2.45) is 0 Å². The van der Waals surface area contributed by atoms with E-state index in [1.807, 2.05) is 11.0 Å². The van der Waals surface area contributed by atoms with E-state index < -0.39 is 10.0 Å². The molecule has 12 heteroatoms. The lowest BCUT2D eigenvalue weighted by Gasteiger charge is -2.34. The molecule has 3 aromatic rings. The summed E-state index contributed by atoms with van der Waals surface area (Å²) >= 11 is 0. The maximum Gasteiger partial charge on any atom is 0.243 e. The molecule has 0 spiro atoms. The quantitative estimate of drug-likeness (QED) is 0.589. The minimum Gasteiger partial charge on any atom is -0.490 e. The van der Waals surface area contributed by atoms with Crippen molar-refractivity contribution in [2.45, 2.75) is 11.3 Å². The largest absolute Gasteiger partial charge is 0.490 e. The number of anilines is 1. The molecule has 0 radical (unpaired) electrons. The summed E-state index contributed by atoms with van der Waals surface area (Å²) in [6, 6.07) is 8.40. The molecule has 2 aliphatic heterocycles. The lowest BCUT2D eigenvalue weighted by Crippen LogP contribution is -2.49. The molecule has 152 valence electrons. The number of piperazine rings is 1. The highest BCUT2D eigenvalue weighted by Crippen LogP contribution is 2.33. The topological polar surface area (TPSA) is 115 Å². The first-order chi connectivity index (χ1) is 14.1. The van der Waals surface area contributed by atoms with Gasteiger partial charge in [0.1, 0.15) is 0 Å². The van der Waals surface area contributed by atoms with Crippen LogP contribution >= 0.6 is 0 Å². The van der Waals surface area contributed by atoms with E-state index in [4.69, 9.17) is 9.47 Å². The van der Waals surface area contributed by atoms with Gasteiger partial charge in [-0.1, -0.05) is 0 Å². The van der Waals surface area contributed by atoms with Gasteiger partial charge in [0.25, 0.3) is 0 Å². The molecule has 0 saturated carbocycles. The van der Waals surface area contributed by atoms with Gasteiger partial charge in [-0.2, -0.15) is 4.31 Å². The van der Waals surface area contributed by atoms with E-state index in [-0.39, 0.29) is 4.90 Å². The van der Waals surface area contributed by atoms with E-state index in [0.717, 1.165) is 6.42 Å². The minimum atomic E-state index is -3.63. The summed E-state index contributed by atoms with van der Waals surface area (Å²) in [5.41, 5.74) is 0.560. The molecular formula is C17H19N7O4S. The second-order valence-corrected chi connectivity index (χ2v) is 8.71. The number of sulfonamides is 1. The highest BCUT2D eigenvalue weighted by Gasteiger charge is 2.30. The molecular weight excluding hydrogens is 398 g/mol. The van der Waals surface area contributed by atoms with Crippen LogP contribution in [0.5, 0.6) is 11.5 Å². The number of nitrogens with zero attached hydrogens (tertiary/aromatic N) is 7. The molecule has 0 bridgehead atoms. The molecule has 0 N–H and O–H groups in total. The smallest absolute Gasteiger partial charge is 0.243 e. The van der Waals surface area contributed by atoms with E-state index in [0.29, 0.717) is 62.4 Å². The molecule has 1 fully saturated rings. The zero-order valence-electron chi connectivity index (χ0n) is 15.5. The fraction of sp³-hybridized carbons (Fsp3) is 0.412. The van der Waals surface area contributed by atoms with E-state index in [1.54, 1.807) is 24.3 Å². The third-order valence-electron chi connectivity index (χ3n) is 4.97. The monoisotopic (exact) mass is 417 g/mol. The second kappa shape index (κ2) is 7.12. The Morgan fingerprint density at radius 3 is 2.55 bits per heavy atom. The van der Waals surface area contributed by atoms with Crippen LogP contribution in [0.1, 0.15) is 6.42 Å².